The van der Waals surface area contributed by atoms with E-state index in [9.17, 15) is 14.4 Å². The van der Waals surface area contributed by atoms with Crippen LogP contribution in [0.5, 0.6) is 0 Å². The van der Waals surface area contributed by atoms with Crippen LogP contribution in [0.15, 0.2) is 42.6 Å². The van der Waals surface area contributed by atoms with Crippen molar-refractivity contribution in [3.8, 4) is 0 Å². The molecule has 1 aliphatic rings. The Balaban J connectivity index is 2.08. The molecule has 0 spiro atoms. The number of amides is 2. The van der Waals surface area contributed by atoms with Gasteiger partial charge in [0.15, 0.2) is 0 Å². The highest BCUT2D eigenvalue weighted by Gasteiger charge is 2.41. The van der Waals surface area contributed by atoms with Crippen LogP contribution in [0.3, 0.4) is 0 Å². The van der Waals surface area contributed by atoms with Crippen molar-refractivity contribution in [2.45, 2.75) is 45.1 Å². The van der Waals surface area contributed by atoms with Gasteiger partial charge in [-0.05, 0) is 31.0 Å². The molecule has 1 aliphatic heterocycles. The molecule has 7 heteroatoms. The van der Waals surface area contributed by atoms with E-state index in [1.54, 1.807) is 6.08 Å². The lowest BCUT2D eigenvalue weighted by atomic mass is 9.97. The lowest BCUT2D eigenvalue weighted by molar-refractivity contribution is -0.148. The Morgan fingerprint density at radius 1 is 1.36 bits per heavy atom. The van der Waals surface area contributed by atoms with Crippen molar-refractivity contribution >= 4 is 18.0 Å². The molecular weight excluding hydrogens is 360 g/mol. The van der Waals surface area contributed by atoms with Gasteiger partial charge >= 0.3 is 12.1 Å². The van der Waals surface area contributed by atoms with Crippen molar-refractivity contribution in [2.75, 3.05) is 13.2 Å². The number of nitrogens with two attached hydrogens (primary N) is 1. The maximum Gasteiger partial charge on any atom is 0.416 e. The molecule has 7 nitrogen and oxygen atoms in total. The summed E-state index contributed by atoms with van der Waals surface area (Å²) in [6.45, 7) is 2.46. The van der Waals surface area contributed by atoms with Crippen LogP contribution in [0, 0.1) is 5.92 Å². The number of imide groups is 1. The highest BCUT2D eigenvalue weighted by molar-refractivity contribution is 5.96. The van der Waals surface area contributed by atoms with E-state index < -0.39 is 29.9 Å². The average Bonchev–Trinajstić information content (AvgIpc) is 3.05. The van der Waals surface area contributed by atoms with Gasteiger partial charge in [-0.15, -0.1) is 0 Å². The van der Waals surface area contributed by atoms with Crippen LogP contribution in [0.1, 0.15) is 38.2 Å². The first-order valence-electron chi connectivity index (χ1n) is 9.62. The lowest BCUT2D eigenvalue weighted by Gasteiger charge is -2.24. The molecule has 1 aromatic carbocycles. The van der Waals surface area contributed by atoms with Gasteiger partial charge in [0.1, 0.15) is 6.61 Å². The number of rotatable bonds is 10. The minimum Gasteiger partial charge on any atom is -0.466 e. The number of hydrogen-bond donors (Lipinski definition) is 1. The molecule has 28 heavy (non-hydrogen) atoms. The SMILES string of the molecule is CCCCOC(=O)C[C@@H](C/C=C/N)C(=O)N1C(=O)OCC1Cc1ccccc1. The van der Waals surface area contributed by atoms with Gasteiger partial charge in [0.05, 0.1) is 25.0 Å². The van der Waals surface area contributed by atoms with E-state index in [1.807, 2.05) is 37.3 Å². The zero-order chi connectivity index (χ0) is 20.4. The number of esters is 1. The molecule has 2 amide bonds. The topological polar surface area (TPSA) is 98.9 Å². The summed E-state index contributed by atoms with van der Waals surface area (Å²) in [6, 6.07) is 9.18. The molecule has 152 valence electrons. The van der Waals surface area contributed by atoms with Crippen molar-refractivity contribution in [3.63, 3.8) is 0 Å². The number of benzene rings is 1. The summed E-state index contributed by atoms with van der Waals surface area (Å²) in [5, 5.41) is 0. The Kier molecular flexibility index (Phi) is 8.52. The van der Waals surface area contributed by atoms with Crippen molar-refractivity contribution in [1.82, 2.24) is 4.90 Å². The Morgan fingerprint density at radius 2 is 2.11 bits per heavy atom. The molecule has 1 fully saturated rings. The summed E-state index contributed by atoms with van der Waals surface area (Å²) in [4.78, 5) is 38.5. The molecule has 1 saturated heterocycles. The molecule has 2 N–H and O–H groups in total. The molecule has 2 rings (SSSR count). The van der Waals surface area contributed by atoms with E-state index in [0.29, 0.717) is 13.0 Å². The smallest absolute Gasteiger partial charge is 0.416 e. The largest absolute Gasteiger partial charge is 0.466 e. The van der Waals surface area contributed by atoms with Crippen molar-refractivity contribution in [2.24, 2.45) is 11.7 Å². The number of cyclic esters (lactones) is 1. The van der Waals surface area contributed by atoms with Crippen LogP contribution in [-0.4, -0.2) is 42.1 Å². The zero-order valence-corrected chi connectivity index (χ0v) is 16.2. The van der Waals surface area contributed by atoms with Gasteiger partial charge in [0, 0.05) is 0 Å². The Labute approximate surface area is 165 Å². The molecule has 0 aromatic heterocycles. The fourth-order valence-corrected chi connectivity index (χ4v) is 3.07. The first-order valence-corrected chi connectivity index (χ1v) is 9.62. The maximum absolute atomic E-state index is 13.1. The standard InChI is InChI=1S/C21H28N2O5/c1-2-3-12-27-19(24)14-17(10-7-11-22)20(25)23-18(15-28-21(23)26)13-16-8-5-4-6-9-16/h4-9,11,17-18H,2-3,10,12-15,22H2,1H3/b11-7+/t17-,18?/m1/s1. The van der Waals surface area contributed by atoms with Gasteiger partial charge in [0.25, 0.3) is 0 Å². The molecule has 1 heterocycles. The Bertz CT molecular complexity index is 689. The van der Waals surface area contributed by atoms with Crippen LogP contribution in [0.25, 0.3) is 0 Å². The van der Waals surface area contributed by atoms with E-state index in [2.05, 4.69) is 0 Å². The number of hydrogen-bond acceptors (Lipinski definition) is 6. The summed E-state index contributed by atoms with van der Waals surface area (Å²) in [5.74, 6) is -1.61. The number of carbonyl (C=O) groups is 3. The number of nitrogens with zero attached hydrogens (tertiary/aromatic N) is 1. The number of ether oxygens (including phenoxy) is 2. The summed E-state index contributed by atoms with van der Waals surface area (Å²) < 4.78 is 10.3. The minimum atomic E-state index is -0.724. The van der Waals surface area contributed by atoms with Crippen molar-refractivity contribution < 1.29 is 23.9 Å². The summed E-state index contributed by atoms with van der Waals surface area (Å²) in [6.07, 6.45) is 4.58. The number of allylic oxidation sites excluding steroid dienone is 1. The number of carbonyl (C=O) groups excluding carboxylic acids is 3. The van der Waals surface area contributed by atoms with Crippen molar-refractivity contribution in [1.29, 1.82) is 0 Å². The molecule has 0 radical (unpaired) electrons. The molecule has 1 unspecified atom stereocenters. The third kappa shape index (κ3) is 6.11. The van der Waals surface area contributed by atoms with Gasteiger partial charge in [-0.3, -0.25) is 9.59 Å². The zero-order valence-electron chi connectivity index (χ0n) is 16.2. The minimum absolute atomic E-state index is 0.102. The Morgan fingerprint density at radius 3 is 2.79 bits per heavy atom. The highest BCUT2D eigenvalue weighted by atomic mass is 16.6. The molecule has 0 bridgehead atoms. The highest BCUT2D eigenvalue weighted by Crippen LogP contribution is 2.23. The van der Waals surface area contributed by atoms with Gasteiger partial charge in [-0.1, -0.05) is 49.8 Å². The predicted molar refractivity (Wildman–Crippen MR) is 104 cm³/mol. The third-order valence-electron chi connectivity index (χ3n) is 4.59. The third-order valence-corrected chi connectivity index (χ3v) is 4.59. The second-order valence-corrected chi connectivity index (χ2v) is 6.77. The maximum atomic E-state index is 13.1. The molecule has 1 aromatic rings. The molecule has 0 saturated carbocycles. The first-order chi connectivity index (χ1) is 13.6. The number of unbranched alkanes of at least 4 members (excludes halogenated alkanes) is 1. The van der Waals surface area contributed by atoms with Gasteiger partial charge < -0.3 is 15.2 Å². The van der Waals surface area contributed by atoms with E-state index >= 15 is 0 Å². The summed E-state index contributed by atoms with van der Waals surface area (Å²) in [5.41, 5.74) is 6.40. The van der Waals surface area contributed by atoms with E-state index in [0.717, 1.165) is 23.3 Å². The van der Waals surface area contributed by atoms with E-state index in [1.165, 1.54) is 6.20 Å². The quantitative estimate of drug-likeness (QED) is 0.489. The lowest BCUT2D eigenvalue weighted by Crippen LogP contribution is -2.44. The monoisotopic (exact) mass is 388 g/mol. The normalized spacial score (nSPS) is 17.5. The second-order valence-electron chi connectivity index (χ2n) is 6.77. The molecule has 2 atom stereocenters. The fraction of sp³-hybridized carbons (Fsp3) is 0.476. The van der Waals surface area contributed by atoms with Crippen LogP contribution in [-0.2, 0) is 25.5 Å². The first kappa shape index (κ1) is 21.5. The van der Waals surface area contributed by atoms with Gasteiger partial charge in [-0.2, -0.15) is 0 Å². The fourth-order valence-electron chi connectivity index (χ4n) is 3.07. The van der Waals surface area contributed by atoms with E-state index in [4.69, 9.17) is 15.2 Å². The predicted octanol–water partition coefficient (Wildman–Crippen LogP) is 2.79. The molecule has 0 aliphatic carbocycles. The van der Waals surface area contributed by atoms with Crippen LogP contribution in [0.2, 0.25) is 0 Å². The van der Waals surface area contributed by atoms with Gasteiger partial charge in [-0.25, -0.2) is 9.69 Å². The molecular formula is C21H28N2O5. The Hall–Kier alpha value is -2.83. The van der Waals surface area contributed by atoms with Crippen LogP contribution < -0.4 is 5.73 Å². The van der Waals surface area contributed by atoms with E-state index in [-0.39, 0.29) is 19.4 Å². The van der Waals surface area contributed by atoms with Crippen LogP contribution >= 0.6 is 0 Å². The summed E-state index contributed by atoms with van der Waals surface area (Å²) >= 11 is 0. The summed E-state index contributed by atoms with van der Waals surface area (Å²) in [7, 11) is 0. The second kappa shape index (κ2) is 11.1. The van der Waals surface area contributed by atoms with Gasteiger partial charge in [0.2, 0.25) is 5.91 Å². The van der Waals surface area contributed by atoms with Crippen LogP contribution in [0.4, 0.5) is 4.79 Å². The average molecular weight is 388 g/mol. The van der Waals surface area contributed by atoms with Crippen molar-refractivity contribution in [3.05, 3.63) is 48.2 Å².